The molecule has 0 atom stereocenters. The van der Waals surface area contributed by atoms with E-state index in [1.54, 1.807) is 13.8 Å². The maximum absolute atomic E-state index is 11.6. The summed E-state index contributed by atoms with van der Waals surface area (Å²) >= 11 is 4.56. The number of rotatable bonds is 2. The zero-order valence-corrected chi connectivity index (χ0v) is 9.68. The number of aromatic nitrogens is 1. The van der Waals surface area contributed by atoms with E-state index in [0.29, 0.717) is 11.4 Å². The Morgan fingerprint density at radius 1 is 1.69 bits per heavy atom. The van der Waals surface area contributed by atoms with Crippen molar-refractivity contribution in [3.63, 3.8) is 0 Å². The average Bonchev–Trinajstić information content (AvgIpc) is 2.12. The summed E-state index contributed by atoms with van der Waals surface area (Å²) in [5.74, 6) is -0.132. The molecule has 1 aromatic heterocycles. The van der Waals surface area contributed by atoms with Gasteiger partial charge < -0.3 is 15.8 Å². The summed E-state index contributed by atoms with van der Waals surface area (Å²) in [6.45, 7) is 3.23. The smallest absolute Gasteiger partial charge is 0.261 e. The first-order valence-corrected chi connectivity index (χ1v) is 4.85. The molecule has 0 aliphatic heterocycles. The van der Waals surface area contributed by atoms with Crippen LogP contribution < -0.4 is 16.7 Å². The molecule has 1 rings (SSSR count). The van der Waals surface area contributed by atoms with Gasteiger partial charge in [0.1, 0.15) is 11.3 Å². The minimum absolute atomic E-state index is 0.0117. The van der Waals surface area contributed by atoms with Crippen LogP contribution in [0.15, 0.2) is 16.0 Å². The zero-order chi connectivity index (χ0) is 12.3. The van der Waals surface area contributed by atoms with Crippen molar-refractivity contribution in [2.24, 2.45) is 10.8 Å². The van der Waals surface area contributed by atoms with Gasteiger partial charge in [0, 0.05) is 5.69 Å². The van der Waals surface area contributed by atoms with Gasteiger partial charge in [0.05, 0.1) is 5.71 Å². The summed E-state index contributed by atoms with van der Waals surface area (Å²) < 4.78 is 0. The number of nitrogens with two attached hydrogens (primary N) is 1. The van der Waals surface area contributed by atoms with E-state index in [1.165, 1.54) is 6.07 Å². The number of thiocarbonyl (C=S) groups is 1. The quantitative estimate of drug-likeness (QED) is 0.329. The van der Waals surface area contributed by atoms with E-state index in [4.69, 9.17) is 5.73 Å². The second-order valence-electron chi connectivity index (χ2n) is 3.21. The van der Waals surface area contributed by atoms with E-state index in [2.05, 4.69) is 27.7 Å². The third-order valence-corrected chi connectivity index (χ3v) is 1.93. The van der Waals surface area contributed by atoms with Crippen LogP contribution in [0.25, 0.3) is 0 Å². The number of nitrogens with one attached hydrogen (secondary N) is 2. The Kier molecular flexibility index (Phi) is 3.62. The van der Waals surface area contributed by atoms with Crippen molar-refractivity contribution in [3.8, 4) is 5.75 Å². The van der Waals surface area contributed by atoms with Crippen molar-refractivity contribution in [1.29, 1.82) is 0 Å². The summed E-state index contributed by atoms with van der Waals surface area (Å²) in [6.07, 6.45) is 0. The number of hydrogen-bond donors (Lipinski definition) is 4. The first kappa shape index (κ1) is 12.2. The number of H-pyrrole nitrogens is 1. The van der Waals surface area contributed by atoms with Crippen molar-refractivity contribution in [2.75, 3.05) is 0 Å². The number of aromatic hydroxyl groups is 1. The van der Waals surface area contributed by atoms with Crippen LogP contribution in [0.3, 0.4) is 0 Å². The number of hydrogen-bond acceptors (Lipinski definition) is 4. The molecule has 1 heterocycles. The molecule has 0 radical (unpaired) electrons. The zero-order valence-electron chi connectivity index (χ0n) is 8.87. The predicted octanol–water partition coefficient (Wildman–Crippen LogP) is -0.0539. The number of aromatic amines is 1. The molecule has 0 saturated carbocycles. The van der Waals surface area contributed by atoms with Gasteiger partial charge in [-0.25, -0.2) is 0 Å². The van der Waals surface area contributed by atoms with Gasteiger partial charge >= 0.3 is 0 Å². The molecule has 7 heteroatoms. The second kappa shape index (κ2) is 4.75. The molecule has 0 spiro atoms. The Morgan fingerprint density at radius 2 is 2.31 bits per heavy atom. The molecule has 6 nitrogen and oxygen atoms in total. The van der Waals surface area contributed by atoms with E-state index in [-0.39, 0.29) is 16.4 Å². The van der Waals surface area contributed by atoms with Crippen LogP contribution in [0.2, 0.25) is 0 Å². The number of hydrazone groups is 1. The molecule has 5 N–H and O–H groups in total. The highest BCUT2D eigenvalue weighted by molar-refractivity contribution is 7.80. The van der Waals surface area contributed by atoms with Crippen LogP contribution in [0, 0.1) is 6.92 Å². The molecule has 0 amide bonds. The fourth-order valence-electron chi connectivity index (χ4n) is 1.22. The lowest BCUT2D eigenvalue weighted by Gasteiger charge is -2.04. The van der Waals surface area contributed by atoms with Gasteiger partial charge in [-0.3, -0.25) is 10.2 Å². The van der Waals surface area contributed by atoms with Crippen LogP contribution in [0.1, 0.15) is 18.2 Å². The van der Waals surface area contributed by atoms with E-state index in [1.807, 2.05) is 0 Å². The molecule has 0 aliphatic carbocycles. The molecule has 0 unspecified atom stereocenters. The summed E-state index contributed by atoms with van der Waals surface area (Å²) in [4.78, 5) is 14.1. The fourth-order valence-corrected chi connectivity index (χ4v) is 1.26. The van der Waals surface area contributed by atoms with Crippen LogP contribution in [0.4, 0.5) is 0 Å². The van der Waals surface area contributed by atoms with Gasteiger partial charge in [-0.1, -0.05) is 0 Å². The number of aryl methyl sites for hydroxylation is 1. The SMILES string of the molecule is C/C(=N\NC(N)=S)c1c(O)cc(C)[nH]c1=O. The van der Waals surface area contributed by atoms with Crippen molar-refractivity contribution >= 4 is 23.0 Å². The molecule has 0 aromatic carbocycles. The van der Waals surface area contributed by atoms with Crippen LogP contribution in [-0.2, 0) is 0 Å². The molecular formula is C9H12N4O2S. The standard InChI is InChI=1S/C9H12N4O2S/c1-4-3-6(14)7(8(15)11-4)5(2)12-13-9(10)16/h3H,1-2H3,(H3,10,13,16)(H2,11,14,15)/b12-5+. The van der Waals surface area contributed by atoms with Crippen molar-refractivity contribution < 1.29 is 5.11 Å². The molecule has 1 aromatic rings. The molecule has 0 saturated heterocycles. The molecule has 0 fully saturated rings. The molecule has 0 bridgehead atoms. The monoisotopic (exact) mass is 240 g/mol. The van der Waals surface area contributed by atoms with Crippen molar-refractivity contribution in [2.45, 2.75) is 13.8 Å². The molecule has 86 valence electrons. The topological polar surface area (TPSA) is 104 Å². The Morgan fingerprint density at radius 3 is 2.81 bits per heavy atom. The average molecular weight is 240 g/mol. The van der Waals surface area contributed by atoms with Gasteiger partial charge in [-0.05, 0) is 32.1 Å². The normalized spacial score (nSPS) is 11.2. The number of nitrogens with zero attached hydrogens (tertiary/aromatic N) is 1. The highest BCUT2D eigenvalue weighted by Crippen LogP contribution is 2.13. The largest absolute Gasteiger partial charge is 0.507 e. The summed E-state index contributed by atoms with van der Waals surface area (Å²) in [5, 5.41) is 13.4. The van der Waals surface area contributed by atoms with Gasteiger partial charge in [-0.15, -0.1) is 0 Å². The Hall–Kier alpha value is -1.89. The highest BCUT2D eigenvalue weighted by Gasteiger charge is 2.10. The van der Waals surface area contributed by atoms with E-state index >= 15 is 0 Å². The predicted molar refractivity (Wildman–Crippen MR) is 65.6 cm³/mol. The second-order valence-corrected chi connectivity index (χ2v) is 3.65. The molecular weight excluding hydrogens is 228 g/mol. The number of pyridine rings is 1. The lowest BCUT2D eigenvalue weighted by Crippen LogP contribution is -2.26. The van der Waals surface area contributed by atoms with Crippen molar-refractivity contribution in [1.82, 2.24) is 10.4 Å². The van der Waals surface area contributed by atoms with Gasteiger partial charge in [-0.2, -0.15) is 5.10 Å². The van der Waals surface area contributed by atoms with Crippen LogP contribution in [-0.4, -0.2) is 20.9 Å². The summed E-state index contributed by atoms with van der Waals surface area (Å²) in [5.41, 5.74) is 8.08. The molecule has 0 aliphatic rings. The maximum atomic E-state index is 11.6. The minimum atomic E-state index is -0.413. The van der Waals surface area contributed by atoms with Gasteiger partial charge in [0.15, 0.2) is 5.11 Å². The van der Waals surface area contributed by atoms with Crippen LogP contribution in [0.5, 0.6) is 5.75 Å². The van der Waals surface area contributed by atoms with E-state index < -0.39 is 5.56 Å². The Labute approximate surface area is 97.2 Å². The Bertz CT molecular complexity index is 507. The summed E-state index contributed by atoms with van der Waals surface area (Å²) in [6, 6.07) is 1.44. The first-order chi connectivity index (χ1) is 7.41. The van der Waals surface area contributed by atoms with E-state index in [9.17, 15) is 9.90 Å². The lowest BCUT2D eigenvalue weighted by atomic mass is 10.1. The first-order valence-electron chi connectivity index (χ1n) is 4.45. The van der Waals surface area contributed by atoms with E-state index in [0.717, 1.165) is 0 Å². The minimum Gasteiger partial charge on any atom is -0.507 e. The maximum Gasteiger partial charge on any atom is 0.261 e. The van der Waals surface area contributed by atoms with Crippen LogP contribution >= 0.6 is 12.2 Å². The van der Waals surface area contributed by atoms with Gasteiger partial charge in [0.25, 0.3) is 5.56 Å². The highest BCUT2D eigenvalue weighted by atomic mass is 32.1. The summed E-state index contributed by atoms with van der Waals surface area (Å²) in [7, 11) is 0. The lowest BCUT2D eigenvalue weighted by molar-refractivity contribution is 0.471. The third-order valence-electron chi connectivity index (χ3n) is 1.84. The third kappa shape index (κ3) is 2.80. The van der Waals surface area contributed by atoms with Crippen molar-refractivity contribution in [3.05, 3.63) is 27.7 Å². The Balaban J connectivity index is 3.18. The van der Waals surface area contributed by atoms with Gasteiger partial charge in [0.2, 0.25) is 0 Å². The molecule has 16 heavy (non-hydrogen) atoms. The fraction of sp³-hybridized carbons (Fsp3) is 0.222.